The summed E-state index contributed by atoms with van der Waals surface area (Å²) in [5.41, 5.74) is -0.490. The molecule has 0 bridgehead atoms. The van der Waals surface area contributed by atoms with Gasteiger partial charge in [0, 0.05) is 25.6 Å². The minimum absolute atomic E-state index is 0.175. The first-order valence-corrected chi connectivity index (χ1v) is 6.38. The van der Waals surface area contributed by atoms with E-state index in [0.717, 1.165) is 6.07 Å². The van der Waals surface area contributed by atoms with Crippen molar-refractivity contribution in [2.24, 2.45) is 0 Å². The van der Waals surface area contributed by atoms with Crippen LogP contribution in [0.25, 0.3) is 0 Å². The van der Waals surface area contributed by atoms with Gasteiger partial charge in [0.25, 0.3) is 0 Å². The molecule has 108 valence electrons. The summed E-state index contributed by atoms with van der Waals surface area (Å²) in [7, 11) is 0. The summed E-state index contributed by atoms with van der Waals surface area (Å²) >= 11 is 0. The molecule has 1 aliphatic rings. The lowest BCUT2D eigenvalue weighted by Crippen LogP contribution is -2.27. The van der Waals surface area contributed by atoms with Crippen molar-refractivity contribution < 1.29 is 18.3 Å². The molecule has 1 aromatic rings. The van der Waals surface area contributed by atoms with E-state index in [1.807, 2.05) is 6.07 Å². The number of likely N-dealkylation sites (tertiary alicyclic amines) is 1. The van der Waals surface area contributed by atoms with Crippen LogP contribution in [0.3, 0.4) is 0 Å². The summed E-state index contributed by atoms with van der Waals surface area (Å²) in [6.45, 7) is 0.670. The molecule has 2 atom stereocenters. The van der Waals surface area contributed by atoms with Gasteiger partial charge in [0.15, 0.2) is 0 Å². The van der Waals surface area contributed by atoms with E-state index in [2.05, 4.69) is 0 Å². The van der Waals surface area contributed by atoms with E-state index in [-0.39, 0.29) is 18.4 Å². The number of hydrogen-bond donors (Lipinski definition) is 1. The standard InChI is InChI=1S/C14H15F3N2O/c15-14(16,17)12-5-2-1-4-11(12)13-8-10(20)9-19(13)7-3-6-18/h1-2,4-5,10,13,20H,3,7-9H2/t10-,13-/m0/s1. The van der Waals surface area contributed by atoms with Gasteiger partial charge in [-0.2, -0.15) is 18.4 Å². The first-order valence-electron chi connectivity index (χ1n) is 6.38. The molecule has 6 heteroatoms. The van der Waals surface area contributed by atoms with Gasteiger partial charge >= 0.3 is 6.18 Å². The molecule has 20 heavy (non-hydrogen) atoms. The van der Waals surface area contributed by atoms with E-state index in [4.69, 9.17) is 5.26 Å². The fraction of sp³-hybridized carbons (Fsp3) is 0.500. The number of aliphatic hydroxyl groups is 1. The molecule has 1 heterocycles. The topological polar surface area (TPSA) is 47.3 Å². The Morgan fingerprint density at radius 2 is 2.05 bits per heavy atom. The predicted molar refractivity (Wildman–Crippen MR) is 66.6 cm³/mol. The van der Waals surface area contributed by atoms with Crippen LogP contribution in [0.5, 0.6) is 0 Å². The molecule has 1 aliphatic heterocycles. The number of nitriles is 1. The van der Waals surface area contributed by atoms with Crippen LogP contribution < -0.4 is 0 Å². The van der Waals surface area contributed by atoms with Gasteiger partial charge in [-0.3, -0.25) is 4.90 Å². The Morgan fingerprint density at radius 3 is 2.70 bits per heavy atom. The number of rotatable bonds is 3. The van der Waals surface area contributed by atoms with Crippen molar-refractivity contribution in [3.63, 3.8) is 0 Å². The predicted octanol–water partition coefficient (Wildman–Crippen LogP) is 2.73. The molecule has 3 nitrogen and oxygen atoms in total. The first-order chi connectivity index (χ1) is 9.43. The average molecular weight is 284 g/mol. The molecule has 0 aliphatic carbocycles. The molecule has 0 radical (unpaired) electrons. The van der Waals surface area contributed by atoms with Gasteiger partial charge in [-0.1, -0.05) is 18.2 Å². The molecule has 0 spiro atoms. The molecule has 0 saturated carbocycles. The van der Waals surface area contributed by atoms with Crippen LogP contribution in [-0.4, -0.2) is 29.2 Å². The van der Waals surface area contributed by atoms with Crippen LogP contribution in [0.15, 0.2) is 24.3 Å². The number of β-amino-alcohol motifs (C(OH)–C–C–N with tert-alkyl or cyclic N) is 1. The van der Waals surface area contributed by atoms with Crippen molar-refractivity contribution in [3.05, 3.63) is 35.4 Å². The fourth-order valence-electron chi connectivity index (χ4n) is 2.69. The number of halogens is 3. The lowest BCUT2D eigenvalue weighted by Gasteiger charge is -2.26. The van der Waals surface area contributed by atoms with Gasteiger partial charge in [0.05, 0.1) is 17.7 Å². The Kier molecular flexibility index (Phi) is 4.31. The van der Waals surface area contributed by atoms with Crippen molar-refractivity contribution in [3.8, 4) is 6.07 Å². The third kappa shape index (κ3) is 3.11. The van der Waals surface area contributed by atoms with E-state index in [1.54, 1.807) is 11.0 Å². The van der Waals surface area contributed by atoms with E-state index < -0.39 is 23.9 Å². The van der Waals surface area contributed by atoms with Gasteiger partial charge in [-0.25, -0.2) is 0 Å². The van der Waals surface area contributed by atoms with Crippen molar-refractivity contribution in [1.82, 2.24) is 4.90 Å². The van der Waals surface area contributed by atoms with E-state index in [1.165, 1.54) is 12.1 Å². The lowest BCUT2D eigenvalue weighted by molar-refractivity contribution is -0.138. The normalized spacial score (nSPS) is 23.8. The van der Waals surface area contributed by atoms with Crippen molar-refractivity contribution in [2.75, 3.05) is 13.1 Å². The van der Waals surface area contributed by atoms with Gasteiger partial charge in [0.2, 0.25) is 0 Å². The van der Waals surface area contributed by atoms with Crippen LogP contribution in [-0.2, 0) is 6.18 Å². The molecule has 1 aromatic carbocycles. The summed E-state index contributed by atoms with van der Waals surface area (Å²) < 4.78 is 39.1. The van der Waals surface area contributed by atoms with Crippen molar-refractivity contribution in [2.45, 2.75) is 31.2 Å². The Balaban J connectivity index is 2.32. The third-order valence-electron chi connectivity index (χ3n) is 3.52. The van der Waals surface area contributed by atoms with E-state index >= 15 is 0 Å². The lowest BCUT2D eigenvalue weighted by atomic mass is 9.97. The number of alkyl halides is 3. The number of aliphatic hydroxyl groups excluding tert-OH is 1. The fourth-order valence-corrected chi connectivity index (χ4v) is 2.69. The van der Waals surface area contributed by atoms with Gasteiger partial charge in [-0.05, 0) is 18.1 Å². The van der Waals surface area contributed by atoms with Gasteiger partial charge < -0.3 is 5.11 Å². The SMILES string of the molecule is N#CCCN1C[C@@H](O)C[C@H]1c1ccccc1C(F)(F)F. The van der Waals surface area contributed by atoms with E-state index in [9.17, 15) is 18.3 Å². The Labute approximate surface area is 115 Å². The smallest absolute Gasteiger partial charge is 0.392 e. The second-order valence-corrected chi connectivity index (χ2v) is 4.89. The summed E-state index contributed by atoms with van der Waals surface area (Å²) in [5.74, 6) is 0. The minimum Gasteiger partial charge on any atom is -0.392 e. The second-order valence-electron chi connectivity index (χ2n) is 4.89. The van der Waals surface area contributed by atoms with Crippen molar-refractivity contribution in [1.29, 1.82) is 5.26 Å². The zero-order valence-corrected chi connectivity index (χ0v) is 10.8. The molecule has 2 rings (SSSR count). The highest BCUT2D eigenvalue weighted by atomic mass is 19.4. The molecule has 1 saturated heterocycles. The molecule has 1 N–H and O–H groups in total. The highest BCUT2D eigenvalue weighted by Gasteiger charge is 2.39. The molecular weight excluding hydrogens is 269 g/mol. The zero-order valence-electron chi connectivity index (χ0n) is 10.8. The summed E-state index contributed by atoms with van der Waals surface area (Å²) in [6, 6.07) is 6.92. The van der Waals surface area contributed by atoms with Crippen LogP contribution in [0.2, 0.25) is 0 Å². The molecular formula is C14H15F3N2O. The largest absolute Gasteiger partial charge is 0.416 e. The number of nitrogens with zero attached hydrogens (tertiary/aromatic N) is 2. The number of hydrogen-bond acceptors (Lipinski definition) is 3. The summed E-state index contributed by atoms with van der Waals surface area (Å²) in [4.78, 5) is 1.75. The van der Waals surface area contributed by atoms with Crippen LogP contribution in [0.1, 0.15) is 30.0 Å². The van der Waals surface area contributed by atoms with Crippen LogP contribution in [0.4, 0.5) is 13.2 Å². The second kappa shape index (κ2) is 5.81. The quantitative estimate of drug-likeness (QED) is 0.928. The number of benzene rings is 1. The van der Waals surface area contributed by atoms with Crippen LogP contribution >= 0.6 is 0 Å². The highest BCUT2D eigenvalue weighted by molar-refractivity contribution is 5.33. The maximum absolute atomic E-state index is 13.0. The zero-order chi connectivity index (χ0) is 14.8. The van der Waals surface area contributed by atoms with E-state index in [0.29, 0.717) is 13.1 Å². The molecule has 0 unspecified atom stereocenters. The maximum atomic E-state index is 13.0. The Hall–Kier alpha value is -1.58. The summed E-state index contributed by atoms with van der Waals surface area (Å²) in [5, 5.41) is 18.3. The monoisotopic (exact) mass is 284 g/mol. The maximum Gasteiger partial charge on any atom is 0.416 e. The molecule has 0 aromatic heterocycles. The summed E-state index contributed by atoms with van der Waals surface area (Å²) in [6.07, 6.45) is -4.57. The molecule has 0 amide bonds. The van der Waals surface area contributed by atoms with Gasteiger partial charge in [-0.15, -0.1) is 0 Å². The first kappa shape index (κ1) is 14.8. The Bertz CT molecular complexity index is 510. The Morgan fingerprint density at radius 1 is 1.35 bits per heavy atom. The minimum atomic E-state index is -4.41. The van der Waals surface area contributed by atoms with Crippen molar-refractivity contribution >= 4 is 0 Å². The van der Waals surface area contributed by atoms with Gasteiger partial charge in [0.1, 0.15) is 0 Å². The average Bonchev–Trinajstić information content (AvgIpc) is 2.76. The molecule has 1 fully saturated rings. The van der Waals surface area contributed by atoms with Crippen LogP contribution in [0, 0.1) is 11.3 Å². The third-order valence-corrected chi connectivity index (χ3v) is 3.52. The highest BCUT2D eigenvalue weighted by Crippen LogP contribution is 2.40.